The van der Waals surface area contributed by atoms with Crippen LogP contribution in [0.5, 0.6) is 0 Å². The molecule has 13 heteroatoms. The van der Waals surface area contributed by atoms with E-state index in [1.807, 2.05) is 25.8 Å². The molecule has 4 aliphatic rings. The monoisotopic (exact) mass is 607 g/mol. The van der Waals surface area contributed by atoms with Gasteiger partial charge in [-0.25, -0.2) is 13.6 Å². The number of hydrogen-bond donors (Lipinski definition) is 0. The van der Waals surface area contributed by atoms with E-state index in [0.717, 1.165) is 24.7 Å². The number of hydrogen-bond acceptors (Lipinski definition) is 7. The van der Waals surface area contributed by atoms with Gasteiger partial charge in [-0.15, -0.1) is 11.8 Å². The molecule has 0 radical (unpaired) electrons. The van der Waals surface area contributed by atoms with E-state index in [2.05, 4.69) is 14.8 Å². The highest BCUT2D eigenvalue weighted by atomic mass is 32.2. The molecule has 0 saturated carbocycles. The predicted molar refractivity (Wildman–Crippen MR) is 150 cm³/mol. The van der Waals surface area contributed by atoms with Crippen LogP contribution in [0.15, 0.2) is 34.0 Å². The van der Waals surface area contributed by atoms with Crippen LogP contribution in [-0.2, 0) is 10.9 Å². The van der Waals surface area contributed by atoms with Crippen LogP contribution in [0.25, 0.3) is 22.0 Å². The summed E-state index contributed by atoms with van der Waals surface area (Å²) in [5, 5.41) is 0.206. The Morgan fingerprint density at radius 3 is 2.43 bits per heavy atom. The molecule has 2 unspecified atom stereocenters. The van der Waals surface area contributed by atoms with E-state index in [-0.39, 0.29) is 57.5 Å². The van der Waals surface area contributed by atoms with Crippen molar-refractivity contribution in [3.05, 3.63) is 51.9 Å². The van der Waals surface area contributed by atoms with E-state index >= 15 is 4.39 Å². The summed E-state index contributed by atoms with van der Waals surface area (Å²) in [6.45, 7) is 6.87. The summed E-state index contributed by atoms with van der Waals surface area (Å²) in [6.07, 6.45) is -4.66. The van der Waals surface area contributed by atoms with E-state index in [4.69, 9.17) is 4.74 Å². The first-order chi connectivity index (χ1) is 19.9. The van der Waals surface area contributed by atoms with Crippen LogP contribution in [-0.4, -0.2) is 89.2 Å². The predicted octanol–water partition coefficient (Wildman–Crippen LogP) is 4.62. The Bertz CT molecular complexity index is 1640. The Balaban J connectivity index is 1.49. The molecule has 5 atom stereocenters. The number of piperazine rings is 1. The average molecular weight is 608 g/mol. The van der Waals surface area contributed by atoms with Crippen LogP contribution in [0.4, 0.5) is 27.8 Å². The first-order valence-electron chi connectivity index (χ1n) is 14.0. The van der Waals surface area contributed by atoms with E-state index in [9.17, 15) is 22.4 Å². The van der Waals surface area contributed by atoms with Crippen molar-refractivity contribution < 1.29 is 26.7 Å². The van der Waals surface area contributed by atoms with Gasteiger partial charge in [0.05, 0.1) is 35.9 Å². The minimum absolute atomic E-state index is 0.0706. The number of anilines is 1. The van der Waals surface area contributed by atoms with Crippen LogP contribution in [0.2, 0.25) is 0 Å². The number of likely N-dealkylation sites (N-methyl/N-ethyl adjacent to an activating group) is 1. The number of aromatic nitrogens is 2. The molecule has 3 fully saturated rings. The highest BCUT2D eigenvalue weighted by Gasteiger charge is 2.48. The lowest BCUT2D eigenvalue weighted by atomic mass is 9.93. The summed E-state index contributed by atoms with van der Waals surface area (Å²) in [7, 11) is 1.99. The van der Waals surface area contributed by atoms with Gasteiger partial charge in [0, 0.05) is 71.5 Å². The second-order valence-electron chi connectivity index (χ2n) is 11.9. The lowest BCUT2D eigenvalue weighted by Crippen LogP contribution is -2.71. The normalized spacial score (nSPS) is 28.0. The van der Waals surface area contributed by atoms with Gasteiger partial charge in [-0.1, -0.05) is 0 Å². The molecule has 1 aromatic heterocycles. The molecule has 0 amide bonds. The quantitative estimate of drug-likeness (QED) is 0.402. The second kappa shape index (κ2) is 9.90. The van der Waals surface area contributed by atoms with Crippen molar-refractivity contribution in [2.24, 2.45) is 0 Å². The minimum atomic E-state index is -4.85. The Kier molecular flexibility index (Phi) is 6.61. The zero-order chi connectivity index (χ0) is 29.7. The van der Waals surface area contributed by atoms with Crippen LogP contribution in [0.1, 0.15) is 25.5 Å². The molecule has 4 aliphatic heterocycles. The summed E-state index contributed by atoms with van der Waals surface area (Å²) >= 11 is 1.18. The summed E-state index contributed by atoms with van der Waals surface area (Å²) in [6, 6.07) is 3.64. The van der Waals surface area contributed by atoms with E-state index in [1.165, 1.54) is 16.3 Å². The topological polar surface area (TPSA) is 53.8 Å². The van der Waals surface area contributed by atoms with E-state index in [0.29, 0.717) is 43.6 Å². The number of fused-ring (bicyclic) bond motifs is 1. The Morgan fingerprint density at radius 1 is 1.10 bits per heavy atom. The highest BCUT2D eigenvalue weighted by Crippen LogP contribution is 2.50. The molecule has 7 nitrogen and oxygen atoms in total. The molecule has 3 saturated heterocycles. The van der Waals surface area contributed by atoms with Gasteiger partial charge < -0.3 is 9.64 Å². The van der Waals surface area contributed by atoms with Gasteiger partial charge in [-0.2, -0.15) is 18.2 Å². The first kappa shape index (κ1) is 28.1. The van der Waals surface area contributed by atoms with Gasteiger partial charge in [0.25, 0.3) is 0 Å². The lowest BCUT2D eigenvalue weighted by Gasteiger charge is -2.55. The molecule has 0 aliphatic carbocycles. The van der Waals surface area contributed by atoms with Crippen molar-refractivity contribution in [3.63, 3.8) is 0 Å². The smallest absolute Gasteiger partial charge is 0.373 e. The number of thioether (sulfide) groups is 1. The van der Waals surface area contributed by atoms with Gasteiger partial charge in [0.1, 0.15) is 17.5 Å². The number of likely N-dealkylation sites (tertiary alicyclic amines) is 1. The fourth-order valence-corrected chi connectivity index (χ4v) is 8.09. The maximum absolute atomic E-state index is 15.2. The molecule has 0 spiro atoms. The number of alkyl halides is 3. The van der Waals surface area contributed by atoms with Crippen molar-refractivity contribution in [3.8, 4) is 11.1 Å². The minimum Gasteiger partial charge on any atom is -0.373 e. The van der Waals surface area contributed by atoms with E-state index < -0.39 is 29.1 Å². The summed E-state index contributed by atoms with van der Waals surface area (Å²) < 4.78 is 80.4. The van der Waals surface area contributed by atoms with Gasteiger partial charge in [0.2, 0.25) is 0 Å². The third-order valence-electron chi connectivity index (χ3n) is 9.33. The summed E-state index contributed by atoms with van der Waals surface area (Å²) in [4.78, 5) is 24.8. The Labute approximate surface area is 243 Å². The van der Waals surface area contributed by atoms with Gasteiger partial charge in [-0.05, 0) is 39.1 Å². The molecule has 0 N–H and O–H groups in total. The van der Waals surface area contributed by atoms with E-state index in [1.54, 1.807) is 0 Å². The molecule has 42 heavy (non-hydrogen) atoms. The van der Waals surface area contributed by atoms with Crippen molar-refractivity contribution >= 4 is 28.5 Å². The van der Waals surface area contributed by atoms with Crippen LogP contribution < -0.4 is 10.6 Å². The van der Waals surface area contributed by atoms with Crippen molar-refractivity contribution in [1.29, 1.82) is 0 Å². The molecule has 3 aromatic rings. The molecule has 5 heterocycles. The fourth-order valence-electron chi connectivity index (χ4n) is 6.77. The SMILES string of the molecule is C[C@@H]1CN(c2nc(=O)n3c4c(c(-c5ccc(F)cc5F)c(C(F)(F)F)cc24)SC[C@@H]3CN2CC3OCC32)C[C@H](C)N1C. The maximum atomic E-state index is 15.2. The number of morpholine rings is 1. The fraction of sp³-hybridized carbons (Fsp3) is 0.517. The van der Waals surface area contributed by atoms with Crippen LogP contribution in [0.3, 0.4) is 0 Å². The van der Waals surface area contributed by atoms with Crippen LogP contribution >= 0.6 is 11.8 Å². The van der Waals surface area contributed by atoms with Gasteiger partial charge >= 0.3 is 11.9 Å². The third kappa shape index (κ3) is 4.34. The second-order valence-corrected chi connectivity index (χ2v) is 12.9. The summed E-state index contributed by atoms with van der Waals surface area (Å²) in [5.41, 5.74) is -2.00. The zero-order valence-electron chi connectivity index (χ0n) is 23.3. The standard InChI is InChI=1S/C29H30F5N5O2S/c1-14-8-38(9-15(2)36(14)3)27-19-7-20(29(32,33)34)24(18-5-4-16(30)6-21(18)31)26-25(19)39(28(40)35-27)17(13-42-26)10-37-11-23-22(37)12-41-23/h4-7,14-15,17,22-23H,8-13H2,1-3H3/t14-,15+,17-,22?,23?/m0/s1. The van der Waals surface area contributed by atoms with Gasteiger partial charge in [0.15, 0.2) is 0 Å². The number of rotatable bonds is 4. The average Bonchev–Trinajstić information content (AvgIpc) is 2.91. The van der Waals surface area contributed by atoms with Gasteiger partial charge in [-0.3, -0.25) is 14.4 Å². The largest absolute Gasteiger partial charge is 0.417 e. The van der Waals surface area contributed by atoms with Crippen molar-refractivity contribution in [2.45, 2.75) is 55.2 Å². The molecule has 224 valence electrons. The summed E-state index contributed by atoms with van der Waals surface area (Å²) in [5.74, 6) is -1.48. The molecular weight excluding hydrogens is 577 g/mol. The first-order valence-corrected chi connectivity index (χ1v) is 15.0. The number of ether oxygens (including phenoxy) is 1. The molecule has 7 rings (SSSR count). The molecule has 2 aromatic carbocycles. The number of benzene rings is 2. The third-order valence-corrected chi connectivity index (χ3v) is 10.6. The lowest BCUT2D eigenvalue weighted by molar-refractivity contribution is -0.216. The van der Waals surface area contributed by atoms with Crippen molar-refractivity contribution in [2.75, 3.05) is 50.5 Å². The number of nitrogens with zero attached hydrogens (tertiary/aromatic N) is 5. The molecule has 0 bridgehead atoms. The molecular formula is C29H30F5N5O2S. The zero-order valence-corrected chi connectivity index (χ0v) is 24.1. The Morgan fingerprint density at radius 2 is 1.83 bits per heavy atom. The number of halogens is 5. The highest BCUT2D eigenvalue weighted by molar-refractivity contribution is 7.99. The Hall–Kier alpha value is -2.74. The maximum Gasteiger partial charge on any atom is 0.417 e. The van der Waals surface area contributed by atoms with Crippen LogP contribution in [0, 0.1) is 11.6 Å². The van der Waals surface area contributed by atoms with Crippen molar-refractivity contribution in [1.82, 2.24) is 19.4 Å².